The van der Waals surface area contributed by atoms with Gasteiger partial charge in [-0.3, -0.25) is 9.48 Å². The highest BCUT2D eigenvalue weighted by Gasteiger charge is 2.04. The number of methoxy groups -OCH3 is 1. The van der Waals surface area contributed by atoms with E-state index in [0.29, 0.717) is 13.2 Å². The van der Waals surface area contributed by atoms with E-state index in [1.807, 2.05) is 22.9 Å². The van der Waals surface area contributed by atoms with Crippen molar-refractivity contribution in [3.63, 3.8) is 0 Å². The highest BCUT2D eigenvalue weighted by molar-refractivity contribution is 6.00. The SMILES string of the molecule is C=CC(=O)Nc1ccc2cnn(CCOC)c2c1. The number of benzene rings is 1. The maximum Gasteiger partial charge on any atom is 0.247 e. The van der Waals surface area contributed by atoms with Crippen molar-refractivity contribution in [2.75, 3.05) is 19.0 Å². The Morgan fingerprint density at radius 2 is 2.44 bits per heavy atom. The molecule has 18 heavy (non-hydrogen) atoms. The maximum absolute atomic E-state index is 11.2. The van der Waals surface area contributed by atoms with Crippen LogP contribution in [0.15, 0.2) is 37.1 Å². The van der Waals surface area contributed by atoms with Gasteiger partial charge in [-0.25, -0.2) is 0 Å². The third kappa shape index (κ3) is 2.57. The molecule has 1 aromatic heterocycles. The molecule has 0 aliphatic heterocycles. The maximum atomic E-state index is 11.2. The first kappa shape index (κ1) is 12.3. The number of amides is 1. The molecule has 1 N–H and O–H groups in total. The standard InChI is InChI=1S/C13H15N3O2/c1-3-13(17)15-11-5-4-10-9-14-16(6-7-18-2)12(10)8-11/h3-5,8-9H,1,6-7H2,2H3,(H,15,17). The number of carbonyl (C=O) groups excluding carboxylic acids is 1. The topological polar surface area (TPSA) is 56.2 Å². The van der Waals surface area contributed by atoms with Gasteiger partial charge in [0.25, 0.3) is 0 Å². The number of nitrogens with one attached hydrogen (secondary N) is 1. The van der Waals surface area contributed by atoms with Gasteiger partial charge in [0.05, 0.1) is 24.9 Å². The zero-order chi connectivity index (χ0) is 13.0. The first-order valence-corrected chi connectivity index (χ1v) is 5.62. The number of hydrogen-bond donors (Lipinski definition) is 1. The lowest BCUT2D eigenvalue weighted by atomic mass is 10.2. The summed E-state index contributed by atoms with van der Waals surface area (Å²) in [5.41, 5.74) is 1.69. The Balaban J connectivity index is 2.29. The minimum atomic E-state index is -0.225. The molecule has 0 spiro atoms. The highest BCUT2D eigenvalue weighted by atomic mass is 16.5. The third-order valence-electron chi connectivity index (χ3n) is 2.60. The molecule has 0 aliphatic rings. The van der Waals surface area contributed by atoms with Crippen molar-refractivity contribution in [2.45, 2.75) is 6.54 Å². The molecular weight excluding hydrogens is 230 g/mol. The van der Waals surface area contributed by atoms with Crippen LogP contribution in [0.5, 0.6) is 0 Å². The van der Waals surface area contributed by atoms with Crippen LogP contribution in [0, 0.1) is 0 Å². The van der Waals surface area contributed by atoms with Crippen LogP contribution in [0.2, 0.25) is 0 Å². The number of carbonyl (C=O) groups is 1. The van der Waals surface area contributed by atoms with Crippen LogP contribution in [0.1, 0.15) is 0 Å². The second-order valence-electron chi connectivity index (χ2n) is 3.83. The predicted molar refractivity (Wildman–Crippen MR) is 70.4 cm³/mol. The number of hydrogen-bond acceptors (Lipinski definition) is 3. The summed E-state index contributed by atoms with van der Waals surface area (Å²) in [6, 6.07) is 5.65. The van der Waals surface area contributed by atoms with Crippen LogP contribution in [-0.4, -0.2) is 29.4 Å². The summed E-state index contributed by atoms with van der Waals surface area (Å²) in [5.74, 6) is -0.225. The fourth-order valence-corrected chi connectivity index (χ4v) is 1.70. The van der Waals surface area contributed by atoms with E-state index in [2.05, 4.69) is 17.0 Å². The summed E-state index contributed by atoms with van der Waals surface area (Å²) in [6.45, 7) is 4.70. The minimum absolute atomic E-state index is 0.225. The summed E-state index contributed by atoms with van der Waals surface area (Å²) >= 11 is 0. The van der Waals surface area contributed by atoms with Crippen molar-refractivity contribution in [3.05, 3.63) is 37.1 Å². The summed E-state index contributed by atoms with van der Waals surface area (Å²) in [5, 5.41) is 8.03. The highest BCUT2D eigenvalue weighted by Crippen LogP contribution is 2.19. The molecule has 0 fully saturated rings. The number of rotatable bonds is 5. The average Bonchev–Trinajstić information content (AvgIpc) is 2.78. The molecule has 94 valence electrons. The smallest absolute Gasteiger partial charge is 0.247 e. The Hall–Kier alpha value is -2.14. The number of anilines is 1. The first-order valence-electron chi connectivity index (χ1n) is 5.62. The number of nitrogens with zero attached hydrogens (tertiary/aromatic N) is 2. The van der Waals surface area contributed by atoms with Crippen molar-refractivity contribution < 1.29 is 9.53 Å². The van der Waals surface area contributed by atoms with Crippen LogP contribution in [0.25, 0.3) is 10.9 Å². The molecule has 0 aliphatic carbocycles. The normalized spacial score (nSPS) is 10.5. The second-order valence-corrected chi connectivity index (χ2v) is 3.83. The molecular formula is C13H15N3O2. The minimum Gasteiger partial charge on any atom is -0.383 e. The Kier molecular flexibility index (Phi) is 3.74. The second kappa shape index (κ2) is 5.46. The summed E-state index contributed by atoms with van der Waals surface area (Å²) in [4.78, 5) is 11.2. The van der Waals surface area contributed by atoms with Crippen molar-refractivity contribution in [1.82, 2.24) is 9.78 Å². The number of fused-ring (bicyclic) bond motifs is 1. The van der Waals surface area contributed by atoms with E-state index in [1.54, 1.807) is 13.3 Å². The van der Waals surface area contributed by atoms with Gasteiger partial charge in [0.1, 0.15) is 0 Å². The summed E-state index contributed by atoms with van der Waals surface area (Å²) in [6.07, 6.45) is 3.04. The summed E-state index contributed by atoms with van der Waals surface area (Å²) in [7, 11) is 1.65. The van der Waals surface area contributed by atoms with Crippen LogP contribution >= 0.6 is 0 Å². The molecule has 0 saturated carbocycles. The van der Waals surface area contributed by atoms with Gasteiger partial charge in [-0.2, -0.15) is 5.10 Å². The fraction of sp³-hybridized carbons (Fsp3) is 0.231. The number of aromatic nitrogens is 2. The molecule has 1 aromatic carbocycles. The van der Waals surface area contributed by atoms with Crippen LogP contribution in [-0.2, 0) is 16.1 Å². The molecule has 2 aromatic rings. The summed E-state index contributed by atoms with van der Waals surface area (Å²) < 4.78 is 6.88. The molecule has 5 heteroatoms. The van der Waals surface area contributed by atoms with Crippen LogP contribution in [0.4, 0.5) is 5.69 Å². The Bertz CT molecular complexity index is 575. The van der Waals surface area contributed by atoms with Crippen molar-refractivity contribution in [2.24, 2.45) is 0 Å². The molecule has 5 nitrogen and oxygen atoms in total. The van der Waals surface area contributed by atoms with Crippen molar-refractivity contribution in [1.29, 1.82) is 0 Å². The Morgan fingerprint density at radius 1 is 1.61 bits per heavy atom. The average molecular weight is 245 g/mol. The fourth-order valence-electron chi connectivity index (χ4n) is 1.70. The van der Waals surface area contributed by atoms with E-state index < -0.39 is 0 Å². The van der Waals surface area contributed by atoms with Gasteiger partial charge >= 0.3 is 0 Å². The van der Waals surface area contributed by atoms with E-state index in [1.165, 1.54) is 6.08 Å². The molecule has 0 unspecified atom stereocenters. The lowest BCUT2D eigenvalue weighted by Gasteiger charge is -2.05. The van der Waals surface area contributed by atoms with E-state index in [-0.39, 0.29) is 5.91 Å². The van der Waals surface area contributed by atoms with Gasteiger partial charge in [-0.15, -0.1) is 0 Å². The van der Waals surface area contributed by atoms with E-state index in [4.69, 9.17) is 4.74 Å². The number of ether oxygens (including phenoxy) is 1. The Morgan fingerprint density at radius 3 is 3.17 bits per heavy atom. The van der Waals surface area contributed by atoms with Gasteiger partial charge in [0.2, 0.25) is 5.91 Å². The van der Waals surface area contributed by atoms with Crippen LogP contribution in [0.3, 0.4) is 0 Å². The van der Waals surface area contributed by atoms with Gasteiger partial charge in [-0.1, -0.05) is 6.58 Å². The molecule has 0 atom stereocenters. The van der Waals surface area contributed by atoms with E-state index in [0.717, 1.165) is 16.6 Å². The quantitative estimate of drug-likeness (QED) is 0.817. The van der Waals surface area contributed by atoms with Gasteiger partial charge in [0.15, 0.2) is 0 Å². The van der Waals surface area contributed by atoms with Crippen molar-refractivity contribution >= 4 is 22.5 Å². The Labute approximate surface area is 105 Å². The first-order chi connectivity index (χ1) is 8.74. The van der Waals surface area contributed by atoms with E-state index >= 15 is 0 Å². The van der Waals surface area contributed by atoms with Crippen molar-refractivity contribution in [3.8, 4) is 0 Å². The predicted octanol–water partition coefficient (Wildman–Crippen LogP) is 1.81. The molecule has 2 rings (SSSR count). The molecule has 0 radical (unpaired) electrons. The zero-order valence-electron chi connectivity index (χ0n) is 10.2. The molecule has 1 amide bonds. The largest absolute Gasteiger partial charge is 0.383 e. The van der Waals surface area contributed by atoms with Gasteiger partial charge in [0, 0.05) is 18.2 Å². The molecule has 1 heterocycles. The van der Waals surface area contributed by atoms with E-state index in [9.17, 15) is 4.79 Å². The molecule has 0 saturated heterocycles. The lowest BCUT2D eigenvalue weighted by Crippen LogP contribution is -2.08. The van der Waals surface area contributed by atoms with Crippen LogP contribution < -0.4 is 5.32 Å². The third-order valence-corrected chi connectivity index (χ3v) is 2.60. The molecule has 0 bridgehead atoms. The zero-order valence-corrected chi connectivity index (χ0v) is 10.2. The van der Waals surface area contributed by atoms with Gasteiger partial charge in [-0.05, 0) is 24.3 Å². The lowest BCUT2D eigenvalue weighted by molar-refractivity contribution is -0.111. The van der Waals surface area contributed by atoms with Gasteiger partial charge < -0.3 is 10.1 Å². The monoisotopic (exact) mass is 245 g/mol.